The molecule has 5 heterocycles. The molecule has 11 rings (SSSR count). The van der Waals surface area contributed by atoms with E-state index in [1.165, 1.54) is 114 Å². The van der Waals surface area contributed by atoms with Crippen molar-refractivity contribution in [2.24, 2.45) is 0 Å². The average Bonchev–Trinajstić information content (AvgIpc) is 0.851. The van der Waals surface area contributed by atoms with Crippen molar-refractivity contribution in [3.8, 4) is 5.75 Å². The first-order chi connectivity index (χ1) is 62.9. The summed E-state index contributed by atoms with van der Waals surface area (Å²) in [6.07, 6.45) is 22.7. The van der Waals surface area contributed by atoms with Gasteiger partial charge in [0.05, 0.1) is 0 Å². The molecule has 26 nitrogen and oxygen atoms in total. The summed E-state index contributed by atoms with van der Waals surface area (Å²) in [5.41, 5.74) is 2.57. The summed E-state index contributed by atoms with van der Waals surface area (Å²) in [6.45, 7) is 54.9. The maximum Gasteiger partial charge on any atom is 0.123 e. The first-order valence-corrected chi connectivity index (χ1v) is 64.3. The SMILES string of the molecule is C1CCC2NCCNC3CCCCC3NCCNCCNC2C1.C1CCC2NCCNC3CCCCC3NCCNCCNC2C1.CC1(C)NCCNCCNCCNCCNC1(C)C.C[C@@H]1CNCCN[C@@H](C)CN[C@H](C)CN[C@@H](C)CN1.[Cl][Mn][Cl].[Cl][Mn][Cl].[Cl][Mn][Cl].[Cl][Mn][Cl].[Cl][Mn][Cl].c1ccc(COc2ccccc2CC2CNCCNCCNCCNCCN2)cc1. The fourth-order valence-corrected chi connectivity index (χ4v) is 17.0. The molecule has 25 N–H and O–H groups in total. The summed E-state index contributed by atoms with van der Waals surface area (Å²) < 4.78 is 6.17. The minimum atomic E-state index is 0.00694. The zero-order valence-corrected chi connectivity index (χ0v) is 92.7. The molecular weight excluding hydrogens is 2050 g/mol. The Labute approximate surface area is 857 Å². The Hall–Kier alpha value is 2.74. The normalized spacial score (nSPS) is 28.6. The third-order valence-corrected chi connectivity index (χ3v) is 24.8. The molecule has 41 heteroatoms. The minimum absolute atomic E-state index is 0.00694. The third-order valence-electron chi connectivity index (χ3n) is 24.8. The standard InChI is InChI=1S/C24H37N5O.2C18H37N5.2C14H33N5.10ClH.5Mn/c1-2-6-21(7-3-1)20-30-24-9-5-4-8-22(24)18-23-19-28-15-14-26-11-10-25-12-13-27-16-17-29-23;2*1-3-7-17-15(5-1)20-11-9-19-10-12-21-16-6-2-4-8-18(16)23-14-13-22-17;1-13(2)14(3,4)19-12-10-17-8-6-15-5-7-16-9-11-18-13;1-11-7-15-5-6-16-12(2)8-18-14(4)10-19-13(3)9-17-11;;;;;;;;;;;;;;;/h1-9,23,25-29H,10-20H2;2*15-23H,1-14H2;15-19H,5-12H2,1-4H3;11-19H,5-10H2,1-4H3;10*1H;;;;;/q;;;;;;;;;;;;;;;5*+2/p-10/t;;;;11-,12+,13+,14-;;;;;;;;;;;;;;;/m....1.............../s1. The number of hydrogen-bond donors (Lipinski definition) is 25. The van der Waals surface area contributed by atoms with Crippen LogP contribution in [0.2, 0.25) is 0 Å². The van der Waals surface area contributed by atoms with Gasteiger partial charge in [0, 0.05) is 319 Å². The molecule has 5 aliphatic heterocycles. The average molecular weight is 2230 g/mol. The Morgan fingerprint density at radius 3 is 0.822 bits per heavy atom. The Balaban J connectivity index is 0.000000529. The van der Waals surface area contributed by atoms with Crippen LogP contribution in [0.5, 0.6) is 5.75 Å². The van der Waals surface area contributed by atoms with Crippen LogP contribution in [0.1, 0.15) is 169 Å². The summed E-state index contributed by atoms with van der Waals surface area (Å²) >= 11 is 0.0347. The summed E-state index contributed by atoms with van der Waals surface area (Å²) in [4.78, 5) is 0. The van der Waals surface area contributed by atoms with Crippen LogP contribution in [0.4, 0.5) is 0 Å². The summed E-state index contributed by atoms with van der Waals surface area (Å²) in [5, 5.41) is 90.6. The molecule has 2 aromatic rings. The number of fused-ring (bicyclic) bond motifs is 4. The van der Waals surface area contributed by atoms with E-state index in [2.05, 4.69) is 237 Å². The van der Waals surface area contributed by atoms with Gasteiger partial charge < -0.3 is 138 Å². The van der Waals surface area contributed by atoms with E-state index in [0.717, 1.165) is 241 Å². The van der Waals surface area contributed by atoms with Gasteiger partial charge in [-0.25, -0.2) is 0 Å². The van der Waals surface area contributed by atoms with Crippen LogP contribution < -0.4 is 138 Å². The van der Waals surface area contributed by atoms with E-state index in [0.29, 0.717) is 85.2 Å². The third kappa shape index (κ3) is 70.2. The van der Waals surface area contributed by atoms with Gasteiger partial charge in [0.25, 0.3) is 0 Å². The predicted molar refractivity (Wildman–Crippen MR) is 542 cm³/mol. The zero-order chi connectivity index (χ0) is 94.0. The monoisotopic (exact) mass is 2220 g/mol. The van der Waals surface area contributed by atoms with Crippen LogP contribution in [-0.2, 0) is 78.7 Å². The van der Waals surface area contributed by atoms with E-state index < -0.39 is 0 Å². The predicted octanol–water partition coefficient (Wildman–Crippen LogP) is 8.17. The van der Waals surface area contributed by atoms with Crippen molar-refractivity contribution in [1.29, 1.82) is 0 Å². The van der Waals surface area contributed by atoms with E-state index in [9.17, 15) is 0 Å². The van der Waals surface area contributed by atoms with Gasteiger partial charge in [-0.1, -0.05) is 99.9 Å². The molecule has 5 saturated heterocycles. The molecule has 2 aromatic carbocycles. The Morgan fingerprint density at radius 1 is 0.264 bits per heavy atom. The van der Waals surface area contributed by atoms with Crippen molar-refractivity contribution in [3.63, 3.8) is 0 Å². The summed E-state index contributed by atoms with van der Waals surface area (Å²) in [5.74, 6) is 0.977. The molecule has 13 atom stereocenters. The second-order valence-electron chi connectivity index (χ2n) is 35.4. The molecule has 0 radical (unpaired) electrons. The Bertz CT molecular complexity index is 2540. The quantitative estimate of drug-likeness (QED) is 0.126. The molecule has 4 saturated carbocycles. The topological polar surface area (TPSA) is 310 Å². The Kier molecular flexibility index (Phi) is 89.9. The maximum atomic E-state index is 6.17. The number of halogens is 10. The van der Waals surface area contributed by atoms with Crippen LogP contribution >= 0.6 is 101 Å². The Morgan fingerprint density at radius 2 is 0.496 bits per heavy atom. The first-order valence-electron chi connectivity index (χ1n) is 48.1. The van der Waals surface area contributed by atoms with Crippen molar-refractivity contribution in [3.05, 3.63) is 65.7 Å². The van der Waals surface area contributed by atoms with Gasteiger partial charge in [0.2, 0.25) is 0 Å². The maximum absolute atomic E-state index is 6.17. The van der Waals surface area contributed by atoms with Crippen LogP contribution in [-0.4, -0.2) is 319 Å². The zero-order valence-electron chi connectivity index (χ0n) is 79.3. The molecule has 765 valence electrons. The largest absolute Gasteiger partial charge is 0.489 e. The van der Waals surface area contributed by atoms with Crippen molar-refractivity contribution >= 4 is 101 Å². The van der Waals surface area contributed by atoms with Gasteiger partial charge in [-0.05, 0) is 130 Å². The number of para-hydroxylation sites is 1. The van der Waals surface area contributed by atoms with Crippen molar-refractivity contribution in [2.75, 3.05) is 229 Å². The second-order valence-corrected chi connectivity index (χ2v) is 45.2. The number of benzene rings is 2. The van der Waals surface area contributed by atoms with E-state index in [1.54, 1.807) is 0 Å². The number of rotatable bonds is 5. The van der Waals surface area contributed by atoms with Gasteiger partial charge in [-0.3, -0.25) is 0 Å². The van der Waals surface area contributed by atoms with Crippen molar-refractivity contribution in [2.45, 2.75) is 261 Å². The van der Waals surface area contributed by atoms with Crippen molar-refractivity contribution < 1.29 is 70.4 Å². The van der Waals surface area contributed by atoms with Crippen LogP contribution in [0.25, 0.3) is 0 Å². The van der Waals surface area contributed by atoms with Crippen LogP contribution in [0, 0.1) is 0 Å². The molecule has 9 unspecified atom stereocenters. The van der Waals surface area contributed by atoms with E-state index >= 15 is 0 Å². The van der Waals surface area contributed by atoms with E-state index in [1.807, 2.05) is 6.07 Å². The number of ether oxygens (including phenoxy) is 1. The second kappa shape index (κ2) is 90.7. The molecule has 0 aromatic heterocycles. The van der Waals surface area contributed by atoms with Gasteiger partial charge in [-0.15, -0.1) is 0 Å². The number of nitrogens with one attached hydrogen (secondary N) is 25. The van der Waals surface area contributed by atoms with E-state index in [-0.39, 0.29) is 76.7 Å². The summed E-state index contributed by atoms with van der Waals surface area (Å²) in [6, 6.07) is 26.5. The van der Waals surface area contributed by atoms with Crippen LogP contribution in [0.15, 0.2) is 54.6 Å². The van der Waals surface area contributed by atoms with Crippen LogP contribution in [0.3, 0.4) is 0 Å². The van der Waals surface area contributed by atoms with Gasteiger partial charge in [-0.2, -0.15) is 0 Å². The molecule has 0 bridgehead atoms. The molecule has 4 aliphatic carbocycles. The van der Waals surface area contributed by atoms with Gasteiger partial charge in [0.15, 0.2) is 0 Å². The molecule has 9 aliphatic rings. The van der Waals surface area contributed by atoms with Crippen molar-refractivity contribution in [1.82, 2.24) is 133 Å². The fraction of sp³-hybridized carbons (Fsp3) is 0.864. The molecule has 9 fully saturated rings. The molecule has 129 heavy (non-hydrogen) atoms. The molecule has 0 spiro atoms. The van der Waals surface area contributed by atoms with Gasteiger partial charge >= 0.3 is 167 Å². The first kappa shape index (κ1) is 128. The number of hydrogen-bond acceptors (Lipinski definition) is 26. The molecular formula is C88H177Cl10Mn5N25O. The van der Waals surface area contributed by atoms with Gasteiger partial charge in [0.1, 0.15) is 12.4 Å². The van der Waals surface area contributed by atoms with E-state index in [4.69, 9.17) is 106 Å². The smallest absolute Gasteiger partial charge is 0.123 e. The summed E-state index contributed by atoms with van der Waals surface area (Å²) in [7, 11) is 48.0. The fourth-order valence-electron chi connectivity index (χ4n) is 17.0. The molecule has 0 amide bonds. The minimum Gasteiger partial charge on any atom is -0.489 e.